The molecule has 2 aromatic rings. The number of oxime groups is 1. The van der Waals surface area contributed by atoms with Crippen LogP contribution in [0.4, 0.5) is 10.8 Å². The van der Waals surface area contributed by atoms with E-state index in [1.54, 1.807) is 6.08 Å². The highest BCUT2D eigenvalue weighted by Crippen LogP contribution is 2.40. The van der Waals surface area contributed by atoms with Crippen molar-refractivity contribution in [2.24, 2.45) is 5.16 Å². The molecule has 2 aliphatic rings. The second-order valence-corrected chi connectivity index (χ2v) is 9.89. The number of amides is 2. The molecule has 1 fully saturated rings. The molecule has 39 heavy (non-hydrogen) atoms. The van der Waals surface area contributed by atoms with Gasteiger partial charge >= 0.3 is 11.9 Å². The summed E-state index contributed by atoms with van der Waals surface area (Å²) in [4.78, 5) is 68.7. The number of fused-ring (bicyclic) bond motifs is 1. The molecule has 2 aliphatic heterocycles. The average molecular weight is 575 g/mol. The summed E-state index contributed by atoms with van der Waals surface area (Å²) in [7, 11) is 0. The van der Waals surface area contributed by atoms with Crippen molar-refractivity contribution >= 4 is 69.5 Å². The van der Waals surface area contributed by atoms with E-state index in [4.69, 9.17) is 10.8 Å². The first-order valence-electron chi connectivity index (χ1n) is 10.8. The summed E-state index contributed by atoms with van der Waals surface area (Å²) >= 11 is 2.22. The largest absolute Gasteiger partial charge is 0.479 e. The SMILES string of the molecule is Nc1nc(C(=NOCC(=O)O)C(=O)NC2C(=O)N3C(C(=O)O)=C(C=Cc4ccc([N+](=O)[O-])cc4)CS[C@H]23)cs1. The molecule has 17 heteroatoms. The van der Waals surface area contributed by atoms with Gasteiger partial charge in [-0.3, -0.25) is 24.6 Å². The Bertz CT molecular complexity index is 1450. The number of nitro benzene ring substituents is 1. The quantitative estimate of drug-likeness (QED) is 0.134. The lowest BCUT2D eigenvalue weighted by atomic mass is 10.0. The average Bonchev–Trinajstić information content (AvgIpc) is 3.33. The number of carboxylic acid groups (broad SMARTS) is 2. The zero-order valence-electron chi connectivity index (χ0n) is 19.5. The highest BCUT2D eigenvalue weighted by Gasteiger charge is 2.54. The van der Waals surface area contributed by atoms with Gasteiger partial charge in [0.25, 0.3) is 17.5 Å². The Morgan fingerprint density at radius 2 is 2.00 bits per heavy atom. The maximum atomic E-state index is 13.0. The number of carbonyl (C=O) groups is 4. The Balaban J connectivity index is 1.51. The van der Waals surface area contributed by atoms with Gasteiger partial charge in [-0.25, -0.2) is 14.6 Å². The second kappa shape index (κ2) is 11.3. The summed E-state index contributed by atoms with van der Waals surface area (Å²) in [5.41, 5.74) is 5.79. The van der Waals surface area contributed by atoms with Crippen LogP contribution in [0.1, 0.15) is 11.3 Å². The van der Waals surface area contributed by atoms with Gasteiger partial charge in [0.05, 0.1) is 4.92 Å². The molecule has 0 aliphatic carbocycles. The van der Waals surface area contributed by atoms with Crippen molar-refractivity contribution in [3.05, 3.63) is 68.4 Å². The third kappa shape index (κ3) is 5.88. The van der Waals surface area contributed by atoms with Gasteiger partial charge in [0.15, 0.2) is 10.8 Å². The molecule has 0 spiro atoms. The van der Waals surface area contributed by atoms with E-state index in [0.29, 0.717) is 11.1 Å². The molecule has 3 heterocycles. The number of non-ortho nitro benzene ring substituents is 1. The minimum Gasteiger partial charge on any atom is -0.479 e. The molecular weight excluding hydrogens is 556 g/mol. The summed E-state index contributed by atoms with van der Waals surface area (Å²) < 4.78 is 0. The summed E-state index contributed by atoms with van der Waals surface area (Å²) in [5, 5.41) is 36.2. The van der Waals surface area contributed by atoms with E-state index in [2.05, 4.69) is 20.3 Å². The number of hydrogen-bond acceptors (Lipinski definition) is 12. The maximum absolute atomic E-state index is 13.0. The van der Waals surface area contributed by atoms with Crippen molar-refractivity contribution in [1.29, 1.82) is 0 Å². The van der Waals surface area contributed by atoms with E-state index < -0.39 is 52.4 Å². The summed E-state index contributed by atoms with van der Waals surface area (Å²) in [5.74, 6) is -4.05. The number of benzene rings is 1. The number of allylic oxidation sites excluding steroid dienone is 1. The highest BCUT2D eigenvalue weighted by atomic mass is 32.2. The number of nitrogens with two attached hydrogens (primary N) is 1. The van der Waals surface area contributed by atoms with Crippen molar-refractivity contribution in [2.45, 2.75) is 11.4 Å². The number of nitro groups is 1. The lowest BCUT2D eigenvalue weighted by Crippen LogP contribution is -2.71. The molecule has 1 unspecified atom stereocenters. The summed E-state index contributed by atoms with van der Waals surface area (Å²) in [6.45, 7) is -0.825. The standard InChI is InChI=1S/C22H18N6O9S2/c23-22-24-13(9-39-22)15(26-37-7-14(29)30)18(31)25-16-19(32)27-17(21(33)34)11(8-38-20(16)27)4-1-10-2-5-12(6-3-10)28(35)36/h1-6,9,16,20H,7-8H2,(H2,23,24)(H,25,31)(H,29,30)(H,33,34)/t16?,20-/m1/s1. The van der Waals surface area contributed by atoms with Gasteiger partial charge in [0.1, 0.15) is 22.8 Å². The van der Waals surface area contributed by atoms with Crippen molar-refractivity contribution in [3.63, 3.8) is 0 Å². The number of β-lactam (4-membered cyclic amide) rings is 1. The maximum Gasteiger partial charge on any atom is 0.352 e. The van der Waals surface area contributed by atoms with E-state index in [1.807, 2.05) is 0 Å². The minimum atomic E-state index is -1.34. The van der Waals surface area contributed by atoms with Crippen LogP contribution in [-0.4, -0.2) is 78.3 Å². The van der Waals surface area contributed by atoms with Gasteiger partial charge in [0, 0.05) is 23.3 Å². The normalized spacial score (nSPS) is 18.9. The summed E-state index contributed by atoms with van der Waals surface area (Å²) in [6.07, 6.45) is 3.09. The van der Waals surface area contributed by atoms with Crippen LogP contribution in [0.5, 0.6) is 0 Å². The van der Waals surface area contributed by atoms with Crippen LogP contribution in [-0.2, 0) is 24.0 Å². The van der Waals surface area contributed by atoms with Gasteiger partial charge in [-0.1, -0.05) is 17.3 Å². The predicted molar refractivity (Wildman–Crippen MR) is 138 cm³/mol. The van der Waals surface area contributed by atoms with Gasteiger partial charge in [-0.15, -0.1) is 23.1 Å². The van der Waals surface area contributed by atoms with Crippen LogP contribution >= 0.6 is 23.1 Å². The minimum absolute atomic E-state index is 0.00472. The lowest BCUT2D eigenvalue weighted by Gasteiger charge is -2.49. The first kappa shape index (κ1) is 27.3. The van der Waals surface area contributed by atoms with Crippen molar-refractivity contribution < 1.29 is 39.2 Å². The lowest BCUT2D eigenvalue weighted by molar-refractivity contribution is -0.384. The molecule has 1 aromatic heterocycles. The second-order valence-electron chi connectivity index (χ2n) is 7.90. The molecule has 0 bridgehead atoms. The molecule has 4 rings (SSSR count). The third-order valence-electron chi connectivity index (χ3n) is 5.39. The van der Waals surface area contributed by atoms with Crippen LogP contribution in [0, 0.1) is 10.1 Å². The third-order valence-corrected chi connectivity index (χ3v) is 7.37. The Labute approximate surface area is 226 Å². The van der Waals surface area contributed by atoms with Crippen LogP contribution in [0.2, 0.25) is 0 Å². The molecule has 5 N–H and O–H groups in total. The van der Waals surface area contributed by atoms with Crippen molar-refractivity contribution in [1.82, 2.24) is 15.2 Å². The molecule has 2 atom stereocenters. The number of carboxylic acids is 2. The van der Waals surface area contributed by atoms with E-state index in [9.17, 15) is 34.4 Å². The fraction of sp³-hybridized carbons (Fsp3) is 0.182. The molecular formula is C22H18N6O9S2. The number of hydrogen-bond donors (Lipinski definition) is 4. The van der Waals surface area contributed by atoms with E-state index in [-0.39, 0.29) is 28.0 Å². The van der Waals surface area contributed by atoms with Crippen molar-refractivity contribution in [3.8, 4) is 0 Å². The summed E-state index contributed by atoms with van der Waals surface area (Å²) in [6, 6.07) is 4.54. The molecule has 0 radical (unpaired) electrons. The van der Waals surface area contributed by atoms with Crippen molar-refractivity contribution in [2.75, 3.05) is 18.1 Å². The molecule has 15 nitrogen and oxygen atoms in total. The molecule has 2 amide bonds. The topological polar surface area (TPSA) is 228 Å². The number of nitrogens with zero attached hydrogens (tertiary/aromatic N) is 4. The number of thioether (sulfide) groups is 1. The van der Waals surface area contributed by atoms with E-state index in [0.717, 1.165) is 16.2 Å². The zero-order chi connectivity index (χ0) is 28.3. The van der Waals surface area contributed by atoms with E-state index in [1.165, 1.54) is 47.5 Å². The number of thiazole rings is 1. The number of anilines is 1. The smallest absolute Gasteiger partial charge is 0.352 e. The fourth-order valence-corrected chi connectivity index (χ4v) is 5.50. The van der Waals surface area contributed by atoms with E-state index >= 15 is 0 Å². The zero-order valence-corrected chi connectivity index (χ0v) is 21.2. The first-order valence-corrected chi connectivity index (χ1v) is 12.8. The fourth-order valence-electron chi connectivity index (χ4n) is 3.64. The molecule has 202 valence electrons. The molecule has 0 saturated carbocycles. The number of rotatable bonds is 10. The van der Waals surface area contributed by atoms with Gasteiger partial charge in [0.2, 0.25) is 6.61 Å². The number of nitrogens with one attached hydrogen (secondary N) is 1. The van der Waals surface area contributed by atoms with Crippen LogP contribution in [0.15, 0.2) is 52.1 Å². The Hall–Kier alpha value is -4.77. The van der Waals surface area contributed by atoms with Gasteiger partial charge in [-0.05, 0) is 23.3 Å². The number of aliphatic carboxylic acids is 2. The highest BCUT2D eigenvalue weighted by molar-refractivity contribution is 8.00. The van der Waals surface area contributed by atoms with Gasteiger partial charge < -0.3 is 26.1 Å². The molecule has 1 saturated heterocycles. The first-order chi connectivity index (χ1) is 18.6. The Morgan fingerprint density at radius 3 is 2.59 bits per heavy atom. The Morgan fingerprint density at radius 1 is 1.28 bits per heavy atom. The van der Waals surface area contributed by atoms with Crippen LogP contribution in [0.25, 0.3) is 6.08 Å². The molecule has 1 aromatic carbocycles. The monoisotopic (exact) mass is 574 g/mol. The Kier molecular flexibility index (Phi) is 7.91. The number of carbonyl (C=O) groups excluding carboxylic acids is 2. The van der Waals surface area contributed by atoms with Crippen LogP contribution in [0.3, 0.4) is 0 Å². The number of aromatic nitrogens is 1. The number of nitrogen functional groups attached to an aromatic ring is 1. The van der Waals surface area contributed by atoms with Gasteiger partial charge in [-0.2, -0.15) is 0 Å². The van der Waals surface area contributed by atoms with Crippen LogP contribution < -0.4 is 11.1 Å². The predicted octanol–water partition coefficient (Wildman–Crippen LogP) is 0.891.